The van der Waals surface area contributed by atoms with Gasteiger partial charge in [0.1, 0.15) is 0 Å². The standard InChI is InChI=1S/C15H20N2O3/c1-9-6-12(7-13(10(9)2)15(19)20)17-14(18)8-11-4-3-5-16-11/h6-7,11,16H,3-5,8H2,1-2H3,(H,17,18)(H,19,20). The number of benzene rings is 1. The van der Waals surface area contributed by atoms with Crippen molar-refractivity contribution in [1.29, 1.82) is 0 Å². The van der Waals surface area contributed by atoms with Gasteiger partial charge in [0.15, 0.2) is 0 Å². The van der Waals surface area contributed by atoms with Crippen molar-refractivity contribution in [2.75, 3.05) is 11.9 Å². The number of aromatic carboxylic acids is 1. The fourth-order valence-corrected chi connectivity index (χ4v) is 2.52. The van der Waals surface area contributed by atoms with E-state index >= 15 is 0 Å². The summed E-state index contributed by atoms with van der Waals surface area (Å²) in [5.74, 6) is -1.05. The van der Waals surface area contributed by atoms with Gasteiger partial charge in [0, 0.05) is 18.2 Å². The zero-order valence-electron chi connectivity index (χ0n) is 11.8. The third-order valence-corrected chi connectivity index (χ3v) is 3.78. The summed E-state index contributed by atoms with van der Waals surface area (Å²) in [7, 11) is 0. The number of carboxylic acid groups (broad SMARTS) is 1. The molecule has 1 aliphatic heterocycles. The average molecular weight is 276 g/mol. The second-order valence-electron chi connectivity index (χ2n) is 5.32. The molecule has 0 radical (unpaired) electrons. The molecule has 1 aliphatic rings. The largest absolute Gasteiger partial charge is 0.478 e. The Kier molecular flexibility index (Phi) is 4.39. The van der Waals surface area contributed by atoms with Gasteiger partial charge in [0.2, 0.25) is 5.91 Å². The number of carbonyl (C=O) groups is 2. The Morgan fingerprint density at radius 2 is 2.15 bits per heavy atom. The van der Waals surface area contributed by atoms with Crippen LogP contribution in [0.1, 0.15) is 40.7 Å². The third-order valence-electron chi connectivity index (χ3n) is 3.78. The molecular formula is C15H20N2O3. The van der Waals surface area contributed by atoms with E-state index < -0.39 is 5.97 Å². The Labute approximate surface area is 118 Å². The van der Waals surface area contributed by atoms with E-state index in [4.69, 9.17) is 5.11 Å². The van der Waals surface area contributed by atoms with Crippen LogP contribution in [0.3, 0.4) is 0 Å². The number of amides is 1. The Balaban J connectivity index is 2.08. The van der Waals surface area contributed by atoms with Gasteiger partial charge in [-0.1, -0.05) is 0 Å². The van der Waals surface area contributed by atoms with Gasteiger partial charge in [-0.15, -0.1) is 0 Å². The smallest absolute Gasteiger partial charge is 0.336 e. The van der Waals surface area contributed by atoms with Gasteiger partial charge in [-0.05, 0) is 56.5 Å². The highest BCUT2D eigenvalue weighted by Crippen LogP contribution is 2.20. The molecule has 20 heavy (non-hydrogen) atoms. The van der Waals surface area contributed by atoms with Gasteiger partial charge in [0.25, 0.3) is 0 Å². The molecular weight excluding hydrogens is 256 g/mol. The number of carbonyl (C=O) groups excluding carboxylic acids is 1. The highest BCUT2D eigenvalue weighted by molar-refractivity contribution is 5.95. The molecule has 1 fully saturated rings. The minimum atomic E-state index is -0.973. The normalized spacial score (nSPS) is 18.0. The topological polar surface area (TPSA) is 78.4 Å². The summed E-state index contributed by atoms with van der Waals surface area (Å²) >= 11 is 0. The van der Waals surface area contributed by atoms with Crippen molar-refractivity contribution in [2.45, 2.75) is 39.2 Å². The molecule has 1 saturated heterocycles. The van der Waals surface area contributed by atoms with Crippen LogP contribution >= 0.6 is 0 Å². The van der Waals surface area contributed by atoms with Crippen molar-refractivity contribution >= 4 is 17.6 Å². The first kappa shape index (κ1) is 14.5. The monoisotopic (exact) mass is 276 g/mol. The molecule has 0 aliphatic carbocycles. The van der Waals surface area contributed by atoms with Gasteiger partial charge in [-0.25, -0.2) is 4.79 Å². The zero-order valence-corrected chi connectivity index (χ0v) is 11.8. The number of aryl methyl sites for hydroxylation is 1. The molecule has 0 spiro atoms. The van der Waals surface area contributed by atoms with Gasteiger partial charge >= 0.3 is 5.97 Å². The van der Waals surface area contributed by atoms with Crippen LogP contribution in [0.2, 0.25) is 0 Å². The first-order valence-corrected chi connectivity index (χ1v) is 6.85. The maximum absolute atomic E-state index is 11.9. The minimum absolute atomic E-state index is 0.0796. The summed E-state index contributed by atoms with van der Waals surface area (Å²) in [4.78, 5) is 23.1. The molecule has 5 nitrogen and oxygen atoms in total. The summed E-state index contributed by atoms with van der Waals surface area (Å²) in [6.07, 6.45) is 2.54. The highest BCUT2D eigenvalue weighted by atomic mass is 16.4. The second kappa shape index (κ2) is 6.05. The van der Waals surface area contributed by atoms with E-state index in [2.05, 4.69) is 10.6 Å². The second-order valence-corrected chi connectivity index (χ2v) is 5.32. The van der Waals surface area contributed by atoms with Gasteiger partial charge in [0.05, 0.1) is 5.56 Å². The van der Waals surface area contributed by atoms with Crippen LogP contribution in [0.5, 0.6) is 0 Å². The molecule has 1 unspecified atom stereocenters. The molecule has 5 heteroatoms. The van der Waals surface area contributed by atoms with E-state index in [1.165, 1.54) is 6.07 Å². The maximum atomic E-state index is 11.9. The fourth-order valence-electron chi connectivity index (χ4n) is 2.52. The van der Waals surface area contributed by atoms with Crippen LogP contribution in [0.4, 0.5) is 5.69 Å². The molecule has 108 valence electrons. The van der Waals surface area contributed by atoms with E-state index in [0.29, 0.717) is 12.1 Å². The lowest BCUT2D eigenvalue weighted by molar-refractivity contribution is -0.116. The first-order valence-electron chi connectivity index (χ1n) is 6.85. The molecule has 1 aromatic carbocycles. The van der Waals surface area contributed by atoms with E-state index in [1.54, 1.807) is 6.92 Å². The molecule has 0 aromatic heterocycles. The number of nitrogens with one attached hydrogen (secondary N) is 2. The third kappa shape index (κ3) is 3.36. The van der Waals surface area contributed by atoms with Crippen LogP contribution in [-0.2, 0) is 4.79 Å². The van der Waals surface area contributed by atoms with Gasteiger partial charge < -0.3 is 15.7 Å². The molecule has 1 aromatic rings. The summed E-state index contributed by atoms with van der Waals surface area (Å²) < 4.78 is 0. The number of anilines is 1. The number of rotatable bonds is 4. The highest BCUT2D eigenvalue weighted by Gasteiger charge is 2.18. The molecule has 1 amide bonds. The van der Waals surface area contributed by atoms with Crippen LogP contribution in [-0.4, -0.2) is 29.6 Å². The van der Waals surface area contributed by atoms with Crippen LogP contribution in [0.25, 0.3) is 0 Å². The van der Waals surface area contributed by atoms with E-state index in [0.717, 1.165) is 30.5 Å². The molecule has 1 heterocycles. The molecule has 3 N–H and O–H groups in total. The summed E-state index contributed by atoms with van der Waals surface area (Å²) in [5.41, 5.74) is 2.37. The van der Waals surface area contributed by atoms with Gasteiger partial charge in [-0.2, -0.15) is 0 Å². The molecule has 0 saturated carbocycles. The zero-order chi connectivity index (χ0) is 14.7. The fraction of sp³-hybridized carbons (Fsp3) is 0.467. The lowest BCUT2D eigenvalue weighted by Gasteiger charge is -2.13. The van der Waals surface area contributed by atoms with E-state index in [-0.39, 0.29) is 17.5 Å². The van der Waals surface area contributed by atoms with Gasteiger partial charge in [-0.3, -0.25) is 4.79 Å². The minimum Gasteiger partial charge on any atom is -0.478 e. The predicted molar refractivity (Wildman–Crippen MR) is 77.1 cm³/mol. The summed E-state index contributed by atoms with van der Waals surface area (Å²) in [6, 6.07) is 3.56. The van der Waals surface area contributed by atoms with Crippen molar-refractivity contribution in [1.82, 2.24) is 5.32 Å². The van der Waals surface area contributed by atoms with Crippen molar-refractivity contribution in [3.8, 4) is 0 Å². The maximum Gasteiger partial charge on any atom is 0.336 e. The van der Waals surface area contributed by atoms with Crippen LogP contribution in [0.15, 0.2) is 12.1 Å². The lowest BCUT2D eigenvalue weighted by atomic mass is 10.0. The number of hydrogen-bond acceptors (Lipinski definition) is 3. The number of carboxylic acids is 1. The Morgan fingerprint density at radius 3 is 2.75 bits per heavy atom. The molecule has 1 atom stereocenters. The van der Waals surface area contributed by atoms with Crippen molar-refractivity contribution < 1.29 is 14.7 Å². The molecule has 2 rings (SSSR count). The number of hydrogen-bond donors (Lipinski definition) is 3. The van der Waals surface area contributed by atoms with E-state index in [9.17, 15) is 9.59 Å². The Hall–Kier alpha value is -1.88. The van der Waals surface area contributed by atoms with Crippen LogP contribution < -0.4 is 10.6 Å². The quantitative estimate of drug-likeness (QED) is 0.786. The van der Waals surface area contributed by atoms with Crippen molar-refractivity contribution in [2.24, 2.45) is 0 Å². The summed E-state index contributed by atoms with van der Waals surface area (Å²) in [5, 5.41) is 15.2. The average Bonchev–Trinajstić information content (AvgIpc) is 2.85. The predicted octanol–water partition coefficient (Wildman–Crippen LogP) is 2.08. The Bertz CT molecular complexity index is 534. The molecule has 0 bridgehead atoms. The van der Waals surface area contributed by atoms with Crippen LogP contribution in [0, 0.1) is 13.8 Å². The van der Waals surface area contributed by atoms with Crippen molar-refractivity contribution in [3.05, 3.63) is 28.8 Å². The van der Waals surface area contributed by atoms with E-state index in [1.807, 2.05) is 13.0 Å². The van der Waals surface area contributed by atoms with Crippen molar-refractivity contribution in [3.63, 3.8) is 0 Å². The Morgan fingerprint density at radius 1 is 1.40 bits per heavy atom. The SMILES string of the molecule is Cc1cc(NC(=O)CC2CCCN2)cc(C(=O)O)c1C. The summed E-state index contributed by atoms with van der Waals surface area (Å²) in [6.45, 7) is 4.58. The lowest BCUT2D eigenvalue weighted by Crippen LogP contribution is -2.27. The first-order chi connectivity index (χ1) is 9.47.